The maximum atomic E-state index is 11.8. The summed E-state index contributed by atoms with van der Waals surface area (Å²) in [6.45, 7) is 5.23. The molecule has 3 nitrogen and oxygen atoms in total. The van der Waals surface area contributed by atoms with Gasteiger partial charge in [0.1, 0.15) is 0 Å². The molecule has 0 saturated heterocycles. The number of carbonyl (C=O) groups excluding carboxylic acids is 1. The molecule has 1 unspecified atom stereocenters. The molecule has 1 fully saturated rings. The van der Waals surface area contributed by atoms with E-state index in [1.165, 1.54) is 32.1 Å². The highest BCUT2D eigenvalue weighted by molar-refractivity contribution is 5.81. The van der Waals surface area contributed by atoms with Gasteiger partial charge >= 0.3 is 0 Å². The molecule has 0 spiro atoms. The van der Waals surface area contributed by atoms with Crippen molar-refractivity contribution in [3.05, 3.63) is 0 Å². The summed E-state index contributed by atoms with van der Waals surface area (Å²) in [6, 6.07) is -0.308. The van der Waals surface area contributed by atoms with Crippen LogP contribution in [0.1, 0.15) is 65.2 Å². The van der Waals surface area contributed by atoms with Crippen LogP contribution >= 0.6 is 0 Å². The van der Waals surface area contributed by atoms with Crippen molar-refractivity contribution in [2.75, 3.05) is 6.54 Å². The topological polar surface area (TPSA) is 55.1 Å². The summed E-state index contributed by atoms with van der Waals surface area (Å²) in [5.74, 6) is 1.64. The summed E-state index contributed by atoms with van der Waals surface area (Å²) >= 11 is 0. The number of hydrogen-bond donors (Lipinski definition) is 2. The largest absolute Gasteiger partial charge is 0.354 e. The Balaban J connectivity index is 2.15. The first-order chi connectivity index (χ1) is 8.67. The van der Waals surface area contributed by atoms with E-state index in [2.05, 4.69) is 19.2 Å². The van der Waals surface area contributed by atoms with E-state index < -0.39 is 0 Å². The Bertz CT molecular complexity index is 235. The quantitative estimate of drug-likeness (QED) is 0.734. The lowest BCUT2D eigenvalue weighted by Gasteiger charge is -2.28. The number of nitrogens with one attached hydrogen (secondary N) is 1. The van der Waals surface area contributed by atoms with Crippen molar-refractivity contribution in [3.8, 4) is 0 Å². The first-order valence-electron chi connectivity index (χ1n) is 7.70. The standard InChI is InChI=1S/C15H30N2O/c1-3-5-6-14(16)15(18)17-11-13-9-7-12(4-2)8-10-13/h12-14H,3-11,16H2,1-2H3,(H,17,18). The fourth-order valence-electron chi connectivity index (χ4n) is 2.78. The molecule has 18 heavy (non-hydrogen) atoms. The van der Waals surface area contributed by atoms with Crippen LogP contribution in [-0.2, 0) is 4.79 Å². The maximum Gasteiger partial charge on any atom is 0.236 e. The third-order valence-corrected chi connectivity index (χ3v) is 4.31. The molecule has 0 aliphatic heterocycles. The van der Waals surface area contributed by atoms with E-state index in [4.69, 9.17) is 5.73 Å². The molecule has 0 aromatic carbocycles. The molecule has 1 amide bonds. The third kappa shape index (κ3) is 5.38. The van der Waals surface area contributed by atoms with Crippen molar-refractivity contribution < 1.29 is 4.79 Å². The molecule has 3 heteroatoms. The summed E-state index contributed by atoms with van der Waals surface area (Å²) in [6.07, 6.45) is 9.45. The second kappa shape index (κ2) is 8.52. The van der Waals surface area contributed by atoms with Crippen LogP contribution in [0.2, 0.25) is 0 Å². The monoisotopic (exact) mass is 254 g/mol. The maximum absolute atomic E-state index is 11.8. The Labute approximate surface area is 112 Å². The molecule has 106 valence electrons. The first-order valence-corrected chi connectivity index (χ1v) is 7.70. The van der Waals surface area contributed by atoms with E-state index in [9.17, 15) is 4.79 Å². The minimum absolute atomic E-state index is 0.0427. The molecule has 0 aromatic rings. The van der Waals surface area contributed by atoms with Crippen molar-refractivity contribution in [2.24, 2.45) is 17.6 Å². The van der Waals surface area contributed by atoms with Crippen molar-refractivity contribution in [3.63, 3.8) is 0 Å². The van der Waals surface area contributed by atoms with Crippen LogP contribution in [0.4, 0.5) is 0 Å². The molecular weight excluding hydrogens is 224 g/mol. The van der Waals surface area contributed by atoms with E-state index >= 15 is 0 Å². The Kier molecular flexibility index (Phi) is 7.33. The average molecular weight is 254 g/mol. The van der Waals surface area contributed by atoms with Crippen LogP contribution in [-0.4, -0.2) is 18.5 Å². The van der Waals surface area contributed by atoms with Gasteiger partial charge < -0.3 is 11.1 Å². The number of unbranched alkanes of at least 4 members (excludes halogenated alkanes) is 1. The molecule has 1 rings (SSSR count). The number of carbonyl (C=O) groups is 1. The number of hydrogen-bond acceptors (Lipinski definition) is 2. The average Bonchev–Trinajstić information content (AvgIpc) is 2.42. The second-order valence-electron chi connectivity index (χ2n) is 5.79. The zero-order valence-corrected chi connectivity index (χ0v) is 12.1. The number of amides is 1. The van der Waals surface area contributed by atoms with E-state index in [0.717, 1.165) is 31.7 Å². The molecule has 0 heterocycles. The molecule has 1 atom stereocenters. The molecule has 0 radical (unpaired) electrons. The van der Waals surface area contributed by atoms with Crippen LogP contribution in [0, 0.1) is 11.8 Å². The van der Waals surface area contributed by atoms with Crippen molar-refractivity contribution >= 4 is 5.91 Å². The van der Waals surface area contributed by atoms with Crippen LogP contribution in [0.25, 0.3) is 0 Å². The highest BCUT2D eigenvalue weighted by Gasteiger charge is 2.21. The van der Waals surface area contributed by atoms with Gasteiger partial charge in [-0.2, -0.15) is 0 Å². The minimum Gasteiger partial charge on any atom is -0.354 e. The summed E-state index contributed by atoms with van der Waals surface area (Å²) in [5.41, 5.74) is 5.85. The molecule has 0 bridgehead atoms. The Hall–Kier alpha value is -0.570. The predicted octanol–water partition coefficient (Wildman–Crippen LogP) is 2.84. The fourth-order valence-corrected chi connectivity index (χ4v) is 2.78. The summed E-state index contributed by atoms with van der Waals surface area (Å²) in [5, 5.41) is 3.03. The Morgan fingerprint density at radius 1 is 1.22 bits per heavy atom. The van der Waals surface area contributed by atoms with Gasteiger partial charge in [-0.25, -0.2) is 0 Å². The van der Waals surface area contributed by atoms with Gasteiger partial charge in [-0.05, 0) is 31.1 Å². The zero-order valence-electron chi connectivity index (χ0n) is 12.1. The Morgan fingerprint density at radius 3 is 2.39 bits per heavy atom. The lowest BCUT2D eigenvalue weighted by Crippen LogP contribution is -2.42. The van der Waals surface area contributed by atoms with Gasteiger partial charge in [-0.3, -0.25) is 4.79 Å². The van der Waals surface area contributed by atoms with Gasteiger partial charge in [0.15, 0.2) is 0 Å². The molecule has 1 aliphatic carbocycles. The lowest BCUT2D eigenvalue weighted by atomic mass is 9.81. The van der Waals surface area contributed by atoms with Crippen molar-refractivity contribution in [2.45, 2.75) is 71.3 Å². The van der Waals surface area contributed by atoms with Gasteiger partial charge in [0, 0.05) is 6.54 Å². The van der Waals surface area contributed by atoms with Crippen LogP contribution in [0.5, 0.6) is 0 Å². The van der Waals surface area contributed by atoms with E-state index in [1.807, 2.05) is 0 Å². The van der Waals surface area contributed by atoms with E-state index in [1.54, 1.807) is 0 Å². The van der Waals surface area contributed by atoms with Gasteiger partial charge in [-0.1, -0.05) is 46.0 Å². The van der Waals surface area contributed by atoms with E-state index in [-0.39, 0.29) is 11.9 Å². The van der Waals surface area contributed by atoms with Crippen LogP contribution < -0.4 is 11.1 Å². The normalized spacial score (nSPS) is 25.7. The van der Waals surface area contributed by atoms with Crippen molar-refractivity contribution in [1.82, 2.24) is 5.32 Å². The van der Waals surface area contributed by atoms with E-state index in [0.29, 0.717) is 5.92 Å². The SMILES string of the molecule is CCCCC(N)C(=O)NCC1CCC(CC)CC1. The zero-order chi connectivity index (χ0) is 13.4. The highest BCUT2D eigenvalue weighted by atomic mass is 16.2. The molecule has 3 N–H and O–H groups in total. The molecule has 0 aromatic heterocycles. The smallest absolute Gasteiger partial charge is 0.236 e. The lowest BCUT2D eigenvalue weighted by molar-refractivity contribution is -0.122. The predicted molar refractivity (Wildman–Crippen MR) is 76.2 cm³/mol. The first kappa shape index (κ1) is 15.5. The van der Waals surface area contributed by atoms with Crippen LogP contribution in [0.15, 0.2) is 0 Å². The Morgan fingerprint density at radius 2 is 1.83 bits per heavy atom. The fraction of sp³-hybridized carbons (Fsp3) is 0.933. The number of rotatable bonds is 7. The highest BCUT2D eigenvalue weighted by Crippen LogP contribution is 2.30. The van der Waals surface area contributed by atoms with Gasteiger partial charge in [0.25, 0.3) is 0 Å². The van der Waals surface area contributed by atoms with Gasteiger partial charge in [0.05, 0.1) is 6.04 Å². The molecule has 1 aliphatic rings. The molecule has 1 saturated carbocycles. The second-order valence-corrected chi connectivity index (χ2v) is 5.79. The third-order valence-electron chi connectivity index (χ3n) is 4.31. The summed E-state index contributed by atoms with van der Waals surface area (Å²) < 4.78 is 0. The van der Waals surface area contributed by atoms with Crippen molar-refractivity contribution in [1.29, 1.82) is 0 Å². The van der Waals surface area contributed by atoms with Gasteiger partial charge in [0.2, 0.25) is 5.91 Å². The molecular formula is C15H30N2O. The van der Waals surface area contributed by atoms with Crippen LogP contribution in [0.3, 0.4) is 0 Å². The number of nitrogens with two attached hydrogens (primary N) is 1. The summed E-state index contributed by atoms with van der Waals surface area (Å²) in [7, 11) is 0. The summed E-state index contributed by atoms with van der Waals surface area (Å²) in [4.78, 5) is 11.8. The van der Waals surface area contributed by atoms with Gasteiger partial charge in [-0.15, -0.1) is 0 Å². The minimum atomic E-state index is -0.308.